The van der Waals surface area contributed by atoms with Gasteiger partial charge in [0.15, 0.2) is 0 Å². The van der Waals surface area contributed by atoms with E-state index in [2.05, 4.69) is 113 Å². The number of aliphatic imine (C=N–C) groups is 1. The van der Waals surface area contributed by atoms with E-state index in [1.54, 1.807) is 0 Å². The van der Waals surface area contributed by atoms with Crippen LogP contribution in [0.5, 0.6) is 0 Å². The molecule has 1 aliphatic heterocycles. The van der Waals surface area contributed by atoms with Crippen molar-refractivity contribution in [2.75, 3.05) is 0 Å². The van der Waals surface area contributed by atoms with Crippen LogP contribution in [0.3, 0.4) is 0 Å². The summed E-state index contributed by atoms with van der Waals surface area (Å²) in [6, 6.07) is 35.0. The highest BCUT2D eigenvalue weighted by molar-refractivity contribution is 7.99. The maximum absolute atomic E-state index is 4.58. The van der Waals surface area contributed by atoms with E-state index in [0.717, 1.165) is 12.8 Å². The molecule has 7 rings (SSSR count). The van der Waals surface area contributed by atoms with E-state index >= 15 is 0 Å². The first-order chi connectivity index (χ1) is 18.4. The van der Waals surface area contributed by atoms with Crippen molar-refractivity contribution in [1.82, 2.24) is 4.98 Å². The quantitative estimate of drug-likeness (QED) is 0.229. The first-order valence-corrected chi connectivity index (χ1v) is 13.4. The first kappa shape index (κ1) is 22.0. The average molecular weight is 493 g/mol. The molecule has 1 aromatic heterocycles. The lowest BCUT2D eigenvalue weighted by Gasteiger charge is -2.18. The molecule has 0 unspecified atom stereocenters. The second kappa shape index (κ2) is 9.34. The van der Waals surface area contributed by atoms with E-state index in [-0.39, 0.29) is 0 Å². The molecule has 5 aromatic carbocycles. The summed E-state index contributed by atoms with van der Waals surface area (Å²) >= 11 is 1.83. The van der Waals surface area contributed by atoms with E-state index in [1.807, 2.05) is 30.4 Å². The maximum Gasteiger partial charge on any atom is 0.0478 e. The zero-order chi connectivity index (χ0) is 24.6. The molecule has 0 spiro atoms. The average Bonchev–Trinajstić information content (AvgIpc) is 2.98. The fourth-order valence-electron chi connectivity index (χ4n) is 5.38. The zero-order valence-corrected chi connectivity index (χ0v) is 21.1. The number of pyridine rings is 1. The fourth-order valence-corrected chi connectivity index (χ4v) is 6.46. The normalized spacial score (nSPS) is 13.4. The van der Waals surface area contributed by atoms with Crippen LogP contribution in [0, 0.1) is 0 Å². The largest absolute Gasteiger partial charge is 0.264 e. The lowest BCUT2D eigenvalue weighted by Crippen LogP contribution is -2.02. The van der Waals surface area contributed by atoms with Crippen LogP contribution in [-0.2, 0) is 0 Å². The summed E-state index contributed by atoms with van der Waals surface area (Å²) in [7, 11) is 0. The predicted octanol–water partition coefficient (Wildman–Crippen LogP) is 9.46. The molecule has 0 atom stereocenters. The molecular formula is C34H24N2S. The van der Waals surface area contributed by atoms with Crippen LogP contribution >= 0.6 is 11.8 Å². The number of allylic oxidation sites excluding steroid dienone is 1. The summed E-state index contributed by atoms with van der Waals surface area (Å²) < 4.78 is 0. The molecule has 6 aromatic rings. The van der Waals surface area contributed by atoms with Gasteiger partial charge in [0.05, 0.1) is 0 Å². The molecule has 2 heterocycles. The van der Waals surface area contributed by atoms with Gasteiger partial charge in [0.2, 0.25) is 0 Å². The van der Waals surface area contributed by atoms with Crippen molar-refractivity contribution >= 4 is 49.8 Å². The van der Waals surface area contributed by atoms with Gasteiger partial charge in [-0.1, -0.05) is 96.7 Å². The summed E-state index contributed by atoms with van der Waals surface area (Å²) in [6.45, 7) is 0. The highest BCUT2D eigenvalue weighted by Crippen LogP contribution is 2.46. The Hall–Kier alpha value is -4.21. The molecule has 0 N–H and O–H groups in total. The Morgan fingerprint density at radius 1 is 0.649 bits per heavy atom. The highest BCUT2D eigenvalue weighted by atomic mass is 32.2. The number of hydrogen-bond acceptors (Lipinski definition) is 3. The number of benzene rings is 5. The summed E-state index contributed by atoms with van der Waals surface area (Å²) in [6.07, 6.45) is 10.0. The van der Waals surface area contributed by atoms with Crippen LogP contribution in [0.1, 0.15) is 18.4 Å². The van der Waals surface area contributed by atoms with Crippen LogP contribution in [0.4, 0.5) is 0 Å². The smallest absolute Gasteiger partial charge is 0.0478 e. The summed E-state index contributed by atoms with van der Waals surface area (Å²) in [5, 5.41) is 7.43. The molecule has 176 valence electrons. The minimum absolute atomic E-state index is 1.00. The molecule has 0 aliphatic carbocycles. The van der Waals surface area contributed by atoms with E-state index < -0.39 is 0 Å². The van der Waals surface area contributed by atoms with E-state index in [0.29, 0.717) is 0 Å². The third kappa shape index (κ3) is 3.92. The van der Waals surface area contributed by atoms with Crippen LogP contribution in [0.25, 0.3) is 43.4 Å². The molecule has 3 heteroatoms. The van der Waals surface area contributed by atoms with Crippen LogP contribution in [0.15, 0.2) is 137 Å². The summed E-state index contributed by atoms with van der Waals surface area (Å²) in [4.78, 5) is 11.6. The molecular weight excluding hydrogens is 468 g/mol. The molecule has 0 amide bonds. The Labute approximate surface area is 220 Å². The van der Waals surface area contributed by atoms with Crippen molar-refractivity contribution in [2.45, 2.75) is 22.6 Å². The molecule has 0 bridgehead atoms. The molecule has 2 nitrogen and oxygen atoms in total. The van der Waals surface area contributed by atoms with Crippen LogP contribution in [0.2, 0.25) is 0 Å². The van der Waals surface area contributed by atoms with Gasteiger partial charge in [-0.25, -0.2) is 0 Å². The maximum atomic E-state index is 4.58. The molecule has 0 saturated carbocycles. The topological polar surface area (TPSA) is 25.2 Å². The van der Waals surface area contributed by atoms with Gasteiger partial charge in [-0.15, -0.1) is 0 Å². The number of aromatic nitrogens is 1. The Bertz CT molecular complexity index is 1790. The van der Waals surface area contributed by atoms with Crippen molar-refractivity contribution in [2.24, 2.45) is 4.99 Å². The number of fused-ring (bicyclic) bond motifs is 3. The van der Waals surface area contributed by atoms with Crippen LogP contribution in [-0.4, -0.2) is 10.7 Å². The summed E-state index contributed by atoms with van der Waals surface area (Å²) in [5.74, 6) is 0. The van der Waals surface area contributed by atoms with Gasteiger partial charge in [-0.3, -0.25) is 9.98 Å². The minimum atomic E-state index is 1.00. The standard InChI is InChI=1S/C34H24N2S/c1-2-10-26-23(8-1)9-7-13-27(26)33-28-11-3-4-12-29(28)34(30-19-21-35-22-31(30)33)37-25-17-15-24(16-18-25)32-14-5-6-20-36-32/h1-4,6-13,15-22H,5,14H2. The second-order valence-electron chi connectivity index (χ2n) is 9.32. The lowest BCUT2D eigenvalue weighted by atomic mass is 9.90. The van der Waals surface area contributed by atoms with E-state index in [1.165, 1.54) is 64.5 Å². The third-order valence-corrected chi connectivity index (χ3v) is 8.28. The Balaban J connectivity index is 1.43. The third-order valence-electron chi connectivity index (χ3n) is 7.13. The molecule has 1 aliphatic rings. The SMILES string of the molecule is C1=CN=C(c2ccc(Sc3c4ccccc4c(-c4cccc5ccccc45)c4cnccc34)cc2)CC1. The van der Waals surface area contributed by atoms with Gasteiger partial charge in [0, 0.05) is 39.5 Å². The van der Waals surface area contributed by atoms with Gasteiger partial charge in [0.1, 0.15) is 0 Å². The van der Waals surface area contributed by atoms with Gasteiger partial charge in [-0.2, -0.15) is 0 Å². The number of nitrogens with zero attached hydrogens (tertiary/aromatic N) is 2. The van der Waals surface area contributed by atoms with Crippen LogP contribution < -0.4 is 0 Å². The van der Waals surface area contributed by atoms with Crippen molar-refractivity contribution in [3.05, 3.63) is 127 Å². The molecule has 0 saturated heterocycles. The minimum Gasteiger partial charge on any atom is -0.264 e. The Morgan fingerprint density at radius 2 is 1.41 bits per heavy atom. The molecule has 37 heavy (non-hydrogen) atoms. The Morgan fingerprint density at radius 3 is 2.24 bits per heavy atom. The highest BCUT2D eigenvalue weighted by Gasteiger charge is 2.18. The predicted molar refractivity (Wildman–Crippen MR) is 158 cm³/mol. The Kier molecular flexibility index (Phi) is 5.56. The second-order valence-corrected chi connectivity index (χ2v) is 10.4. The van der Waals surface area contributed by atoms with Crippen molar-refractivity contribution in [3.8, 4) is 11.1 Å². The number of hydrogen-bond donors (Lipinski definition) is 0. The van der Waals surface area contributed by atoms with Gasteiger partial charge < -0.3 is 0 Å². The fraction of sp³-hybridized carbons (Fsp3) is 0.0588. The van der Waals surface area contributed by atoms with Crippen molar-refractivity contribution in [3.63, 3.8) is 0 Å². The van der Waals surface area contributed by atoms with Gasteiger partial charge in [-0.05, 0) is 74.7 Å². The molecule has 0 radical (unpaired) electrons. The number of rotatable bonds is 4. The first-order valence-electron chi connectivity index (χ1n) is 12.6. The van der Waals surface area contributed by atoms with E-state index in [4.69, 9.17) is 0 Å². The van der Waals surface area contributed by atoms with E-state index in [9.17, 15) is 0 Å². The summed E-state index contributed by atoms with van der Waals surface area (Å²) in [5.41, 5.74) is 4.87. The zero-order valence-electron chi connectivity index (χ0n) is 20.3. The van der Waals surface area contributed by atoms with Crippen molar-refractivity contribution < 1.29 is 0 Å². The molecule has 0 fully saturated rings. The monoisotopic (exact) mass is 492 g/mol. The van der Waals surface area contributed by atoms with Crippen molar-refractivity contribution in [1.29, 1.82) is 0 Å². The van der Waals surface area contributed by atoms with Gasteiger partial charge in [0.25, 0.3) is 0 Å². The lowest BCUT2D eigenvalue weighted by molar-refractivity contribution is 1.06. The van der Waals surface area contributed by atoms with Gasteiger partial charge >= 0.3 is 0 Å².